The molecule has 0 saturated heterocycles. The van der Waals surface area contributed by atoms with Crippen LogP contribution in [0.5, 0.6) is 0 Å². The largest absolute Gasteiger partial charge is 0.461 e. The molecular weight excluding hydrogens is 228 g/mol. The average Bonchev–Trinajstić information content (AvgIpc) is 2.28. The highest BCUT2D eigenvalue weighted by Crippen LogP contribution is 2.31. The van der Waals surface area contributed by atoms with E-state index in [2.05, 4.69) is 0 Å². The monoisotopic (exact) mass is 242 g/mol. The number of rotatable bonds is 5. The van der Waals surface area contributed by atoms with E-state index in [9.17, 15) is 4.79 Å². The number of benzene rings is 1. The molecule has 1 aromatic carbocycles. The van der Waals surface area contributed by atoms with Gasteiger partial charge in [0.15, 0.2) is 0 Å². The first-order valence-corrected chi connectivity index (χ1v) is 7.28. The van der Waals surface area contributed by atoms with Crippen LogP contribution in [0.2, 0.25) is 0 Å². The van der Waals surface area contributed by atoms with Gasteiger partial charge < -0.3 is 4.74 Å². The molecule has 0 spiro atoms. The number of esters is 1. The lowest BCUT2D eigenvalue weighted by Gasteiger charge is -2.07. The van der Waals surface area contributed by atoms with E-state index in [0.717, 1.165) is 10.5 Å². The Morgan fingerprint density at radius 2 is 2.13 bits per heavy atom. The van der Waals surface area contributed by atoms with E-state index in [4.69, 9.17) is 4.74 Å². The first-order valence-electron chi connectivity index (χ1n) is 4.72. The Bertz CT molecular complexity index is 326. The van der Waals surface area contributed by atoms with Gasteiger partial charge in [-0.1, -0.05) is 46.7 Å². The molecule has 0 aliphatic carbocycles. The Kier molecular flexibility index (Phi) is 5.65. The third-order valence-corrected chi connectivity index (χ3v) is 3.61. The highest BCUT2D eigenvalue weighted by Gasteiger charge is 2.04. The molecule has 4 heteroatoms. The summed E-state index contributed by atoms with van der Waals surface area (Å²) in [7, 11) is 3.37. The average molecular weight is 242 g/mol. The van der Waals surface area contributed by atoms with E-state index in [1.807, 2.05) is 30.5 Å². The van der Waals surface area contributed by atoms with Crippen molar-refractivity contribution in [2.45, 2.75) is 24.8 Å². The first-order chi connectivity index (χ1) is 7.27. The first kappa shape index (κ1) is 12.5. The molecule has 0 saturated carbocycles. The molecule has 0 heterocycles. The lowest BCUT2D eigenvalue weighted by Crippen LogP contribution is -2.02. The summed E-state index contributed by atoms with van der Waals surface area (Å²) in [5.41, 5.74) is 1.07. The van der Waals surface area contributed by atoms with Gasteiger partial charge in [0.2, 0.25) is 0 Å². The Morgan fingerprint density at radius 1 is 1.40 bits per heavy atom. The predicted octanol–water partition coefficient (Wildman–Crippen LogP) is 3.51. The minimum atomic E-state index is -0.154. The van der Waals surface area contributed by atoms with E-state index >= 15 is 0 Å². The molecule has 0 unspecified atom stereocenters. The van der Waals surface area contributed by atoms with Gasteiger partial charge in [0.05, 0.1) is 0 Å². The van der Waals surface area contributed by atoms with E-state index in [1.54, 1.807) is 28.5 Å². The maximum absolute atomic E-state index is 11.0. The van der Waals surface area contributed by atoms with Gasteiger partial charge in [-0.3, -0.25) is 4.79 Å². The molecule has 0 fully saturated rings. The quantitative estimate of drug-likeness (QED) is 0.583. The molecule has 0 N–H and O–H groups in total. The Hall–Kier alpha value is -0.610. The Balaban J connectivity index is 2.62. The van der Waals surface area contributed by atoms with Crippen molar-refractivity contribution in [2.75, 3.05) is 6.26 Å². The van der Waals surface area contributed by atoms with Crippen LogP contribution in [0, 0.1) is 0 Å². The highest BCUT2D eigenvalue weighted by molar-refractivity contribution is 8.76. The van der Waals surface area contributed by atoms with Crippen molar-refractivity contribution in [3.63, 3.8) is 0 Å². The summed E-state index contributed by atoms with van der Waals surface area (Å²) in [6, 6.07) is 7.97. The van der Waals surface area contributed by atoms with Crippen LogP contribution in [0.4, 0.5) is 0 Å². The number of carbonyl (C=O) groups is 1. The molecule has 0 aliphatic rings. The van der Waals surface area contributed by atoms with E-state index in [1.165, 1.54) is 0 Å². The number of hydrogen-bond donors (Lipinski definition) is 0. The molecule has 0 radical (unpaired) electrons. The molecule has 0 amide bonds. The van der Waals surface area contributed by atoms with Gasteiger partial charge in [0.1, 0.15) is 6.61 Å². The molecule has 1 aromatic rings. The van der Waals surface area contributed by atoms with Crippen LogP contribution >= 0.6 is 21.6 Å². The molecule has 2 nitrogen and oxygen atoms in total. The molecule has 1 rings (SSSR count). The van der Waals surface area contributed by atoms with Gasteiger partial charge in [-0.15, -0.1) is 0 Å². The number of hydrogen-bond acceptors (Lipinski definition) is 4. The summed E-state index contributed by atoms with van der Waals surface area (Å²) in [4.78, 5) is 12.2. The van der Waals surface area contributed by atoms with Gasteiger partial charge in [-0.2, -0.15) is 0 Å². The van der Waals surface area contributed by atoms with Gasteiger partial charge >= 0.3 is 5.97 Å². The summed E-state index contributed by atoms with van der Waals surface area (Å²) in [5, 5.41) is 0. The van der Waals surface area contributed by atoms with Gasteiger partial charge in [-0.05, 0) is 12.3 Å². The minimum Gasteiger partial charge on any atom is -0.461 e. The van der Waals surface area contributed by atoms with Crippen LogP contribution in [-0.2, 0) is 16.1 Å². The second-order valence-corrected chi connectivity index (χ2v) is 5.31. The molecule has 0 aromatic heterocycles. The van der Waals surface area contributed by atoms with Crippen molar-refractivity contribution in [3.8, 4) is 0 Å². The SMILES string of the molecule is CCC(=O)OCc1ccccc1SSC. The lowest BCUT2D eigenvalue weighted by molar-refractivity contribution is -0.144. The van der Waals surface area contributed by atoms with Gasteiger partial charge in [0.25, 0.3) is 0 Å². The van der Waals surface area contributed by atoms with E-state index in [-0.39, 0.29) is 5.97 Å². The maximum Gasteiger partial charge on any atom is 0.305 e. The van der Waals surface area contributed by atoms with Crippen LogP contribution in [-0.4, -0.2) is 12.2 Å². The minimum absolute atomic E-state index is 0.154. The zero-order valence-electron chi connectivity index (χ0n) is 8.86. The highest BCUT2D eigenvalue weighted by atomic mass is 33.1. The fourth-order valence-electron chi connectivity index (χ4n) is 1.05. The zero-order chi connectivity index (χ0) is 11.1. The Labute approximate surface area is 98.2 Å². The second kappa shape index (κ2) is 6.80. The van der Waals surface area contributed by atoms with Crippen molar-refractivity contribution < 1.29 is 9.53 Å². The van der Waals surface area contributed by atoms with Crippen LogP contribution in [0.3, 0.4) is 0 Å². The van der Waals surface area contributed by atoms with Gasteiger partial charge in [0, 0.05) is 16.9 Å². The topological polar surface area (TPSA) is 26.3 Å². The fraction of sp³-hybridized carbons (Fsp3) is 0.364. The zero-order valence-corrected chi connectivity index (χ0v) is 10.5. The molecule has 0 atom stereocenters. The third-order valence-electron chi connectivity index (χ3n) is 1.82. The normalized spacial score (nSPS) is 10.0. The van der Waals surface area contributed by atoms with Crippen molar-refractivity contribution in [2.24, 2.45) is 0 Å². The van der Waals surface area contributed by atoms with Crippen LogP contribution in [0.15, 0.2) is 29.2 Å². The van der Waals surface area contributed by atoms with Gasteiger partial charge in [-0.25, -0.2) is 0 Å². The molecule has 0 bridgehead atoms. The second-order valence-electron chi connectivity index (χ2n) is 2.87. The summed E-state index contributed by atoms with van der Waals surface area (Å²) < 4.78 is 5.10. The summed E-state index contributed by atoms with van der Waals surface area (Å²) in [6.07, 6.45) is 2.46. The third kappa shape index (κ3) is 4.18. The van der Waals surface area contributed by atoms with E-state index < -0.39 is 0 Å². The van der Waals surface area contributed by atoms with Crippen molar-refractivity contribution >= 4 is 27.6 Å². The summed E-state index contributed by atoms with van der Waals surface area (Å²) in [5.74, 6) is -0.154. The van der Waals surface area contributed by atoms with Crippen molar-refractivity contribution in [1.82, 2.24) is 0 Å². The lowest BCUT2D eigenvalue weighted by atomic mass is 10.2. The summed E-state index contributed by atoms with van der Waals surface area (Å²) in [6.45, 7) is 2.17. The molecule has 15 heavy (non-hydrogen) atoms. The molecular formula is C11H14O2S2. The fourth-order valence-corrected chi connectivity index (χ4v) is 2.63. The molecule has 0 aliphatic heterocycles. The maximum atomic E-state index is 11.0. The van der Waals surface area contributed by atoms with E-state index in [0.29, 0.717) is 13.0 Å². The van der Waals surface area contributed by atoms with Crippen molar-refractivity contribution in [3.05, 3.63) is 29.8 Å². The Morgan fingerprint density at radius 3 is 2.80 bits per heavy atom. The molecule has 82 valence electrons. The predicted molar refractivity (Wildman–Crippen MR) is 65.9 cm³/mol. The number of ether oxygens (including phenoxy) is 1. The van der Waals surface area contributed by atoms with Crippen LogP contribution < -0.4 is 0 Å². The standard InChI is InChI=1S/C11H14O2S2/c1-3-11(12)13-8-9-6-4-5-7-10(9)15-14-2/h4-7H,3,8H2,1-2H3. The van der Waals surface area contributed by atoms with Crippen LogP contribution in [0.1, 0.15) is 18.9 Å². The smallest absolute Gasteiger partial charge is 0.305 e. The summed E-state index contributed by atoms with van der Waals surface area (Å²) >= 11 is 0. The number of carbonyl (C=O) groups excluding carboxylic acids is 1. The van der Waals surface area contributed by atoms with Crippen LogP contribution in [0.25, 0.3) is 0 Å². The van der Waals surface area contributed by atoms with Crippen molar-refractivity contribution in [1.29, 1.82) is 0 Å².